The van der Waals surface area contributed by atoms with Crippen molar-refractivity contribution < 1.29 is 4.79 Å². The molecule has 3 nitrogen and oxygen atoms in total. The second-order valence-electron chi connectivity index (χ2n) is 5.70. The molecule has 0 saturated carbocycles. The number of nitrogens with zero attached hydrogens (tertiary/aromatic N) is 1. The fraction of sp³-hybridized carbons (Fsp3) is 0.786. The van der Waals surface area contributed by atoms with Crippen LogP contribution in [0, 0.1) is 11.8 Å². The van der Waals surface area contributed by atoms with Crippen molar-refractivity contribution in [3.05, 3.63) is 11.6 Å². The van der Waals surface area contributed by atoms with Gasteiger partial charge in [-0.05, 0) is 25.7 Å². The number of rotatable bonds is 5. The Morgan fingerprint density at radius 2 is 1.59 bits per heavy atom. The summed E-state index contributed by atoms with van der Waals surface area (Å²) in [5.74, 6) is 0.582. The molecule has 0 aliphatic heterocycles. The van der Waals surface area contributed by atoms with Gasteiger partial charge in [-0.1, -0.05) is 39.3 Å². The molecule has 1 amide bonds. The van der Waals surface area contributed by atoms with Gasteiger partial charge in [0.1, 0.15) is 0 Å². The molecule has 0 radical (unpaired) electrons. The summed E-state index contributed by atoms with van der Waals surface area (Å²) in [6.45, 7) is 12.3. The van der Waals surface area contributed by atoms with Crippen LogP contribution in [0.1, 0.15) is 41.5 Å². The van der Waals surface area contributed by atoms with Gasteiger partial charge in [0, 0.05) is 7.05 Å². The number of allylic oxidation sites excluding steroid dienone is 1. The first-order valence-corrected chi connectivity index (χ1v) is 6.35. The molecule has 0 bridgehead atoms. The Hall–Kier alpha value is -0.830. The van der Waals surface area contributed by atoms with Crippen LogP contribution in [0.15, 0.2) is 11.6 Å². The zero-order valence-electron chi connectivity index (χ0n) is 12.3. The minimum Gasteiger partial charge on any atom is -0.338 e. The number of carbonyl (C=O) groups excluding carboxylic acids is 1. The van der Waals surface area contributed by atoms with Crippen LogP contribution < -0.4 is 5.73 Å². The summed E-state index contributed by atoms with van der Waals surface area (Å²) in [5, 5.41) is 0. The highest BCUT2D eigenvalue weighted by Gasteiger charge is 2.26. The number of nitrogens with two attached hydrogens (primary N) is 1. The summed E-state index contributed by atoms with van der Waals surface area (Å²) in [6, 6.07) is -0.288. The van der Waals surface area contributed by atoms with Crippen LogP contribution in [0.2, 0.25) is 0 Å². The first-order chi connectivity index (χ1) is 7.68. The predicted octanol–water partition coefficient (Wildman–Crippen LogP) is 2.42. The average Bonchev–Trinajstić information content (AvgIpc) is 2.21. The van der Waals surface area contributed by atoms with E-state index in [0.29, 0.717) is 5.92 Å². The lowest BCUT2D eigenvalue weighted by molar-refractivity contribution is -0.134. The maximum absolute atomic E-state index is 12.2. The SMILES string of the molecule is CC(C)=C[C@H](C(C)C)N(C)C(=O)[C@@H](N)C(C)C. The molecule has 0 spiro atoms. The van der Waals surface area contributed by atoms with Gasteiger partial charge in [0.2, 0.25) is 5.91 Å². The maximum Gasteiger partial charge on any atom is 0.239 e. The highest BCUT2D eigenvalue weighted by atomic mass is 16.2. The van der Waals surface area contributed by atoms with Crippen LogP contribution >= 0.6 is 0 Å². The summed E-state index contributed by atoms with van der Waals surface area (Å²) in [5.41, 5.74) is 7.14. The number of hydrogen-bond acceptors (Lipinski definition) is 2. The van der Waals surface area contributed by atoms with Crippen molar-refractivity contribution >= 4 is 5.91 Å². The van der Waals surface area contributed by atoms with E-state index in [1.165, 1.54) is 5.57 Å². The number of carbonyl (C=O) groups is 1. The van der Waals surface area contributed by atoms with Crippen molar-refractivity contribution in [2.75, 3.05) is 7.05 Å². The summed E-state index contributed by atoms with van der Waals surface area (Å²) >= 11 is 0. The third kappa shape index (κ3) is 4.90. The first-order valence-electron chi connectivity index (χ1n) is 6.35. The van der Waals surface area contributed by atoms with E-state index in [1.54, 1.807) is 4.90 Å². The number of amides is 1. The molecule has 2 atom stereocenters. The molecule has 0 aromatic heterocycles. The van der Waals surface area contributed by atoms with Gasteiger partial charge >= 0.3 is 0 Å². The van der Waals surface area contributed by atoms with Gasteiger partial charge in [-0.25, -0.2) is 0 Å². The van der Waals surface area contributed by atoms with Gasteiger partial charge in [-0.2, -0.15) is 0 Å². The predicted molar refractivity (Wildman–Crippen MR) is 73.6 cm³/mol. The van der Waals surface area contributed by atoms with Crippen LogP contribution in [0.25, 0.3) is 0 Å². The van der Waals surface area contributed by atoms with Gasteiger partial charge < -0.3 is 10.6 Å². The second-order valence-corrected chi connectivity index (χ2v) is 5.70. The van der Waals surface area contributed by atoms with Gasteiger partial charge in [0.05, 0.1) is 12.1 Å². The molecular formula is C14H28N2O. The van der Waals surface area contributed by atoms with Crippen LogP contribution in [-0.2, 0) is 4.79 Å². The quantitative estimate of drug-likeness (QED) is 0.750. The molecule has 0 saturated heterocycles. The van der Waals surface area contributed by atoms with Crippen molar-refractivity contribution in [3.8, 4) is 0 Å². The first kappa shape index (κ1) is 16.2. The Balaban J connectivity index is 4.91. The number of hydrogen-bond donors (Lipinski definition) is 1. The summed E-state index contributed by atoms with van der Waals surface area (Å²) in [4.78, 5) is 14.0. The Kier molecular flexibility index (Phi) is 6.46. The lowest BCUT2D eigenvalue weighted by atomic mass is 9.98. The smallest absolute Gasteiger partial charge is 0.239 e. The molecule has 3 heteroatoms. The molecule has 0 heterocycles. The van der Waals surface area contributed by atoms with E-state index in [-0.39, 0.29) is 17.9 Å². The Morgan fingerprint density at radius 3 is 1.88 bits per heavy atom. The zero-order valence-corrected chi connectivity index (χ0v) is 12.3. The van der Waals surface area contributed by atoms with E-state index in [4.69, 9.17) is 5.73 Å². The molecule has 0 unspecified atom stereocenters. The van der Waals surface area contributed by atoms with Crippen molar-refractivity contribution in [1.29, 1.82) is 0 Å². The zero-order chi connectivity index (χ0) is 13.7. The summed E-state index contributed by atoms with van der Waals surface area (Å²) in [6.07, 6.45) is 2.13. The Labute approximate surface area is 106 Å². The lowest BCUT2D eigenvalue weighted by Gasteiger charge is -2.32. The molecule has 0 aliphatic carbocycles. The minimum atomic E-state index is -0.410. The highest BCUT2D eigenvalue weighted by Crippen LogP contribution is 2.15. The standard InChI is InChI=1S/C14H28N2O/c1-9(2)8-12(10(3)4)16(7)14(17)13(15)11(5)6/h8,10-13H,15H2,1-7H3/t12-,13+/m1/s1. The third-order valence-electron chi connectivity index (χ3n) is 2.99. The maximum atomic E-state index is 12.2. The van der Waals surface area contributed by atoms with Gasteiger partial charge in [0.25, 0.3) is 0 Å². The summed E-state index contributed by atoms with van der Waals surface area (Å²) < 4.78 is 0. The fourth-order valence-corrected chi connectivity index (χ4v) is 1.76. The summed E-state index contributed by atoms with van der Waals surface area (Å²) in [7, 11) is 1.84. The molecule has 17 heavy (non-hydrogen) atoms. The lowest BCUT2D eigenvalue weighted by Crippen LogP contribution is -2.49. The van der Waals surface area contributed by atoms with Gasteiger partial charge in [-0.15, -0.1) is 0 Å². The fourth-order valence-electron chi connectivity index (χ4n) is 1.76. The monoisotopic (exact) mass is 240 g/mol. The molecular weight excluding hydrogens is 212 g/mol. The third-order valence-corrected chi connectivity index (χ3v) is 2.99. The van der Waals surface area contributed by atoms with Crippen molar-refractivity contribution in [2.24, 2.45) is 17.6 Å². The van der Waals surface area contributed by atoms with Crippen molar-refractivity contribution in [2.45, 2.75) is 53.6 Å². The average molecular weight is 240 g/mol. The molecule has 0 aromatic carbocycles. The van der Waals surface area contributed by atoms with Gasteiger partial charge in [0.15, 0.2) is 0 Å². The van der Waals surface area contributed by atoms with Crippen molar-refractivity contribution in [1.82, 2.24) is 4.90 Å². The van der Waals surface area contributed by atoms with E-state index in [1.807, 2.05) is 20.9 Å². The Bertz CT molecular complexity index is 278. The van der Waals surface area contributed by atoms with E-state index >= 15 is 0 Å². The molecule has 0 rings (SSSR count). The molecule has 100 valence electrons. The Morgan fingerprint density at radius 1 is 1.12 bits per heavy atom. The molecule has 0 fully saturated rings. The van der Waals surface area contributed by atoms with E-state index in [9.17, 15) is 4.79 Å². The van der Waals surface area contributed by atoms with Crippen LogP contribution in [0.4, 0.5) is 0 Å². The van der Waals surface area contributed by atoms with E-state index < -0.39 is 6.04 Å². The highest BCUT2D eigenvalue weighted by molar-refractivity contribution is 5.82. The van der Waals surface area contributed by atoms with E-state index in [0.717, 1.165) is 0 Å². The van der Waals surface area contributed by atoms with Crippen molar-refractivity contribution in [3.63, 3.8) is 0 Å². The number of likely N-dealkylation sites (N-methyl/N-ethyl adjacent to an activating group) is 1. The molecule has 0 aromatic rings. The van der Waals surface area contributed by atoms with Gasteiger partial charge in [-0.3, -0.25) is 4.79 Å². The van der Waals surface area contributed by atoms with Crippen LogP contribution in [-0.4, -0.2) is 29.9 Å². The van der Waals surface area contributed by atoms with Crippen LogP contribution in [0.3, 0.4) is 0 Å². The second kappa shape index (κ2) is 6.80. The minimum absolute atomic E-state index is 0.0243. The molecule has 2 N–H and O–H groups in total. The largest absolute Gasteiger partial charge is 0.338 e. The molecule has 0 aliphatic rings. The normalized spacial score (nSPS) is 14.7. The topological polar surface area (TPSA) is 46.3 Å². The van der Waals surface area contributed by atoms with Crippen LogP contribution in [0.5, 0.6) is 0 Å². The van der Waals surface area contributed by atoms with E-state index in [2.05, 4.69) is 33.8 Å².